The molecular weight excluding hydrogens is 517 g/mol. The predicted octanol–water partition coefficient (Wildman–Crippen LogP) is 4.50. The van der Waals surface area contributed by atoms with Crippen LogP contribution in [-0.2, 0) is 9.53 Å². The molecular formula is C30H30FN3O6. The van der Waals surface area contributed by atoms with Gasteiger partial charge in [-0.25, -0.2) is 4.39 Å². The number of benzene rings is 3. The smallest absolute Gasteiger partial charge is 0.258 e. The monoisotopic (exact) mass is 547 g/mol. The Hall–Kier alpha value is -4.44. The van der Waals surface area contributed by atoms with Gasteiger partial charge in [-0.05, 0) is 55.3 Å². The van der Waals surface area contributed by atoms with Gasteiger partial charge in [0.15, 0.2) is 0 Å². The summed E-state index contributed by atoms with van der Waals surface area (Å²) in [6.45, 7) is 0.185. The summed E-state index contributed by atoms with van der Waals surface area (Å²) in [7, 11) is 3.27. The standard InChI is InChI=1S/C30H30FN3O6/c1-34-25-12-11-21(16-28(35)32-18-6-5-7-20(14-18)38-2)40-27(25)17-39-26-13-10-19(15-23(26)30(34)37)33-29(36)22-8-3-4-9-24(22)31/h3-10,13-15,21,25,27H,11-12,16-17H2,1-2H3,(H,32,35)(H,33,36)/t21-,25-,27-/m0/s1. The molecule has 40 heavy (non-hydrogen) atoms. The molecule has 0 spiro atoms. The van der Waals surface area contributed by atoms with Crippen LogP contribution in [0.5, 0.6) is 11.5 Å². The predicted molar refractivity (Wildman–Crippen MR) is 146 cm³/mol. The minimum Gasteiger partial charge on any atom is -0.497 e. The Morgan fingerprint density at radius 3 is 2.62 bits per heavy atom. The number of anilines is 2. The first-order valence-corrected chi connectivity index (χ1v) is 13.0. The minimum atomic E-state index is -0.634. The third-order valence-corrected chi connectivity index (χ3v) is 7.15. The van der Waals surface area contributed by atoms with Crippen molar-refractivity contribution < 1.29 is 33.0 Å². The van der Waals surface area contributed by atoms with Gasteiger partial charge >= 0.3 is 0 Å². The molecule has 2 aliphatic heterocycles. The van der Waals surface area contributed by atoms with Crippen molar-refractivity contribution in [3.8, 4) is 11.5 Å². The summed E-state index contributed by atoms with van der Waals surface area (Å²) in [6.07, 6.45) is 0.641. The van der Waals surface area contributed by atoms with E-state index in [9.17, 15) is 18.8 Å². The summed E-state index contributed by atoms with van der Waals surface area (Å²) in [4.78, 5) is 40.3. The van der Waals surface area contributed by atoms with E-state index in [2.05, 4.69) is 10.6 Å². The summed E-state index contributed by atoms with van der Waals surface area (Å²) in [5.74, 6) is -0.722. The third-order valence-electron chi connectivity index (χ3n) is 7.15. The number of ether oxygens (including phenoxy) is 3. The van der Waals surface area contributed by atoms with Gasteiger partial charge in [-0.1, -0.05) is 18.2 Å². The lowest BCUT2D eigenvalue weighted by Crippen LogP contribution is -2.53. The van der Waals surface area contributed by atoms with Crippen molar-refractivity contribution in [3.63, 3.8) is 0 Å². The Kier molecular flexibility index (Phi) is 7.97. The number of methoxy groups -OCH3 is 1. The van der Waals surface area contributed by atoms with E-state index in [4.69, 9.17) is 14.2 Å². The normalized spacial score (nSPS) is 20.2. The highest BCUT2D eigenvalue weighted by atomic mass is 19.1. The zero-order chi connectivity index (χ0) is 28.2. The zero-order valence-corrected chi connectivity index (χ0v) is 22.2. The second-order valence-electron chi connectivity index (χ2n) is 9.80. The average molecular weight is 548 g/mol. The summed E-state index contributed by atoms with van der Waals surface area (Å²) in [6, 6.07) is 17.3. The van der Waals surface area contributed by atoms with Crippen LogP contribution < -0.4 is 20.1 Å². The molecule has 0 radical (unpaired) electrons. The second-order valence-corrected chi connectivity index (χ2v) is 9.80. The fraction of sp³-hybridized carbons (Fsp3) is 0.300. The Morgan fingerprint density at radius 1 is 1.02 bits per heavy atom. The molecule has 5 rings (SSSR count). The highest BCUT2D eigenvalue weighted by Gasteiger charge is 2.39. The largest absolute Gasteiger partial charge is 0.497 e. The van der Waals surface area contributed by atoms with E-state index in [1.54, 1.807) is 61.5 Å². The van der Waals surface area contributed by atoms with E-state index in [0.717, 1.165) is 0 Å². The van der Waals surface area contributed by atoms with Crippen LogP contribution in [0.4, 0.5) is 15.8 Å². The zero-order valence-electron chi connectivity index (χ0n) is 22.2. The lowest BCUT2D eigenvalue weighted by Gasteiger charge is -2.42. The lowest BCUT2D eigenvalue weighted by molar-refractivity contribution is -0.130. The van der Waals surface area contributed by atoms with Gasteiger partial charge in [0.25, 0.3) is 11.8 Å². The van der Waals surface area contributed by atoms with Crippen LogP contribution >= 0.6 is 0 Å². The maximum absolute atomic E-state index is 14.0. The number of nitrogens with one attached hydrogen (secondary N) is 2. The molecule has 2 aliphatic rings. The van der Waals surface area contributed by atoms with Gasteiger partial charge in [-0.3, -0.25) is 14.4 Å². The van der Waals surface area contributed by atoms with E-state index in [1.165, 1.54) is 24.3 Å². The Morgan fingerprint density at radius 2 is 1.82 bits per heavy atom. The van der Waals surface area contributed by atoms with Gasteiger partial charge in [0.05, 0.1) is 36.8 Å². The Labute approximate surface area is 231 Å². The highest BCUT2D eigenvalue weighted by molar-refractivity contribution is 6.05. The van der Waals surface area contributed by atoms with Crippen molar-refractivity contribution in [3.05, 3.63) is 83.7 Å². The second kappa shape index (κ2) is 11.7. The number of likely N-dealkylation sites (N-methyl/N-ethyl adjacent to an activating group) is 1. The van der Waals surface area contributed by atoms with Crippen LogP contribution in [0.2, 0.25) is 0 Å². The summed E-state index contributed by atoms with van der Waals surface area (Å²) < 4.78 is 31.5. The number of hydrogen-bond donors (Lipinski definition) is 2. The van der Waals surface area contributed by atoms with Crippen LogP contribution in [-0.4, -0.2) is 61.6 Å². The quantitative estimate of drug-likeness (QED) is 0.471. The number of rotatable bonds is 6. The average Bonchev–Trinajstić information content (AvgIpc) is 2.95. The number of halogens is 1. The molecule has 1 fully saturated rings. The molecule has 3 aromatic carbocycles. The number of nitrogens with zero attached hydrogens (tertiary/aromatic N) is 1. The third kappa shape index (κ3) is 5.91. The molecule has 0 aromatic heterocycles. The van der Waals surface area contributed by atoms with Gasteiger partial charge in [0.2, 0.25) is 5.91 Å². The fourth-order valence-corrected chi connectivity index (χ4v) is 5.07. The minimum absolute atomic E-state index is 0.0946. The number of fused-ring (bicyclic) bond motifs is 2. The molecule has 0 unspecified atom stereocenters. The Bertz CT molecular complexity index is 1430. The van der Waals surface area contributed by atoms with Gasteiger partial charge in [0.1, 0.15) is 30.0 Å². The molecule has 2 heterocycles. The molecule has 0 saturated carbocycles. The molecule has 3 atom stereocenters. The highest BCUT2D eigenvalue weighted by Crippen LogP contribution is 2.33. The molecule has 2 N–H and O–H groups in total. The first-order valence-electron chi connectivity index (χ1n) is 13.0. The van der Waals surface area contributed by atoms with Crippen LogP contribution in [0, 0.1) is 5.82 Å². The van der Waals surface area contributed by atoms with Gasteiger partial charge in [-0.2, -0.15) is 0 Å². The number of amides is 3. The molecule has 0 aliphatic carbocycles. The van der Waals surface area contributed by atoms with Gasteiger partial charge < -0.3 is 29.7 Å². The van der Waals surface area contributed by atoms with E-state index in [0.29, 0.717) is 35.7 Å². The molecule has 208 valence electrons. The van der Waals surface area contributed by atoms with Crippen molar-refractivity contribution in [2.75, 3.05) is 31.4 Å². The number of hydrogen-bond acceptors (Lipinski definition) is 6. The van der Waals surface area contributed by atoms with Crippen molar-refractivity contribution in [1.82, 2.24) is 4.90 Å². The SMILES string of the molecule is COc1cccc(NC(=O)C[C@@H]2CC[C@H]3[C@H](COc4ccc(NC(=O)c5ccccc5F)cc4C(=O)N3C)O2)c1. The van der Waals surface area contributed by atoms with E-state index < -0.39 is 17.8 Å². The van der Waals surface area contributed by atoms with Crippen molar-refractivity contribution >= 4 is 29.1 Å². The van der Waals surface area contributed by atoms with Crippen LogP contribution in [0.1, 0.15) is 40.0 Å². The number of carbonyl (C=O) groups excluding carboxylic acids is 3. The van der Waals surface area contributed by atoms with Crippen molar-refractivity contribution in [1.29, 1.82) is 0 Å². The lowest BCUT2D eigenvalue weighted by atomic mass is 9.94. The molecule has 10 heteroatoms. The summed E-state index contributed by atoms with van der Waals surface area (Å²) in [5.41, 5.74) is 1.17. The van der Waals surface area contributed by atoms with Crippen molar-refractivity contribution in [2.24, 2.45) is 0 Å². The van der Waals surface area contributed by atoms with Gasteiger partial charge in [-0.15, -0.1) is 0 Å². The maximum Gasteiger partial charge on any atom is 0.258 e. The Balaban J connectivity index is 1.25. The molecule has 0 bridgehead atoms. The first-order chi connectivity index (χ1) is 19.3. The molecule has 9 nitrogen and oxygen atoms in total. The van der Waals surface area contributed by atoms with Crippen molar-refractivity contribution in [2.45, 2.75) is 37.5 Å². The molecule has 3 amide bonds. The molecule has 1 saturated heterocycles. The topological polar surface area (TPSA) is 106 Å². The summed E-state index contributed by atoms with van der Waals surface area (Å²) >= 11 is 0. The van der Waals surface area contributed by atoms with E-state index in [-0.39, 0.29) is 48.1 Å². The van der Waals surface area contributed by atoms with Crippen LogP contribution in [0.3, 0.4) is 0 Å². The first kappa shape index (κ1) is 27.1. The van der Waals surface area contributed by atoms with Gasteiger partial charge in [0, 0.05) is 24.5 Å². The summed E-state index contributed by atoms with van der Waals surface area (Å²) in [5, 5.41) is 5.52. The molecule has 3 aromatic rings. The van der Waals surface area contributed by atoms with E-state index >= 15 is 0 Å². The number of carbonyl (C=O) groups is 3. The van der Waals surface area contributed by atoms with E-state index in [1.807, 2.05) is 0 Å². The fourth-order valence-electron chi connectivity index (χ4n) is 5.07. The maximum atomic E-state index is 14.0. The van der Waals surface area contributed by atoms with Crippen LogP contribution in [0.15, 0.2) is 66.7 Å². The van der Waals surface area contributed by atoms with Crippen LogP contribution in [0.25, 0.3) is 0 Å².